The normalized spacial score (nSPS) is 16.5. The summed E-state index contributed by atoms with van der Waals surface area (Å²) in [5.41, 5.74) is 1.84. The molecule has 0 aromatic heterocycles. The predicted octanol–water partition coefficient (Wildman–Crippen LogP) is 2.09. The zero-order valence-corrected chi connectivity index (χ0v) is 10.0. The first-order valence-corrected chi connectivity index (χ1v) is 5.96. The Morgan fingerprint density at radius 2 is 2.00 bits per heavy atom. The maximum Gasteiger partial charge on any atom is 0.227 e. The molecule has 1 fully saturated rings. The summed E-state index contributed by atoms with van der Waals surface area (Å²) in [5.74, 6) is 0.184. The summed E-state index contributed by atoms with van der Waals surface area (Å²) in [5, 5.41) is 6.00. The number of ether oxygens (including phenoxy) is 1. The summed E-state index contributed by atoms with van der Waals surface area (Å²) < 4.78 is 5.25. The Hall–Kier alpha value is -1.55. The molecule has 0 bridgehead atoms. The lowest BCUT2D eigenvalue weighted by Crippen LogP contribution is -2.28. The summed E-state index contributed by atoms with van der Waals surface area (Å²) in [6, 6.07) is 7.71. The van der Waals surface area contributed by atoms with Gasteiger partial charge in [0.15, 0.2) is 0 Å². The van der Waals surface area contributed by atoms with Crippen molar-refractivity contribution in [3.63, 3.8) is 0 Å². The predicted molar refractivity (Wildman–Crippen MR) is 68.2 cm³/mol. The van der Waals surface area contributed by atoms with Crippen molar-refractivity contribution in [2.75, 3.05) is 30.9 Å². The second kappa shape index (κ2) is 5.68. The molecule has 4 heteroatoms. The topological polar surface area (TPSA) is 50.4 Å². The molecule has 0 unspecified atom stereocenters. The van der Waals surface area contributed by atoms with Crippen molar-refractivity contribution in [3.05, 3.63) is 24.3 Å². The summed E-state index contributed by atoms with van der Waals surface area (Å²) in [6.07, 6.45) is 1.63. The van der Waals surface area contributed by atoms with Crippen LogP contribution in [0.25, 0.3) is 0 Å². The number of hydrogen-bond acceptors (Lipinski definition) is 3. The molecule has 1 aliphatic heterocycles. The van der Waals surface area contributed by atoms with Crippen molar-refractivity contribution in [2.24, 2.45) is 5.92 Å². The van der Waals surface area contributed by atoms with Gasteiger partial charge in [0.05, 0.1) is 0 Å². The van der Waals surface area contributed by atoms with Gasteiger partial charge in [0.25, 0.3) is 0 Å². The second-order valence-corrected chi connectivity index (χ2v) is 4.21. The summed E-state index contributed by atoms with van der Waals surface area (Å²) in [4.78, 5) is 12.0. The SMILES string of the molecule is CNc1cccc(NC(=O)C2CCOCC2)c1. The molecule has 92 valence electrons. The van der Waals surface area contributed by atoms with Crippen LogP contribution >= 0.6 is 0 Å². The van der Waals surface area contributed by atoms with Crippen LogP contribution in [0.4, 0.5) is 11.4 Å². The van der Waals surface area contributed by atoms with Gasteiger partial charge < -0.3 is 15.4 Å². The lowest BCUT2D eigenvalue weighted by Gasteiger charge is -2.21. The van der Waals surface area contributed by atoms with Crippen LogP contribution in [0.1, 0.15) is 12.8 Å². The lowest BCUT2D eigenvalue weighted by molar-refractivity contribution is -0.122. The monoisotopic (exact) mass is 234 g/mol. The molecule has 0 radical (unpaired) electrons. The minimum atomic E-state index is 0.0852. The quantitative estimate of drug-likeness (QED) is 0.842. The van der Waals surface area contributed by atoms with Gasteiger partial charge in [-0.25, -0.2) is 0 Å². The molecule has 0 saturated carbocycles. The lowest BCUT2D eigenvalue weighted by atomic mass is 9.99. The minimum Gasteiger partial charge on any atom is -0.388 e. The van der Waals surface area contributed by atoms with Crippen molar-refractivity contribution in [1.29, 1.82) is 0 Å². The van der Waals surface area contributed by atoms with Crippen LogP contribution in [0.15, 0.2) is 24.3 Å². The average Bonchev–Trinajstić information content (AvgIpc) is 2.40. The number of hydrogen-bond donors (Lipinski definition) is 2. The number of carbonyl (C=O) groups excluding carboxylic acids is 1. The Bertz CT molecular complexity index is 387. The molecule has 4 nitrogen and oxygen atoms in total. The standard InChI is InChI=1S/C13H18N2O2/c1-14-11-3-2-4-12(9-11)15-13(16)10-5-7-17-8-6-10/h2-4,9-10,14H,5-8H2,1H3,(H,15,16). The summed E-state index contributed by atoms with van der Waals surface area (Å²) in [6.45, 7) is 1.38. The smallest absolute Gasteiger partial charge is 0.227 e. The molecule has 0 aliphatic carbocycles. The van der Waals surface area contributed by atoms with Crippen molar-refractivity contribution >= 4 is 17.3 Å². The molecule has 1 aliphatic rings. The third-order valence-electron chi connectivity index (χ3n) is 3.01. The molecule has 17 heavy (non-hydrogen) atoms. The van der Waals surface area contributed by atoms with E-state index in [1.54, 1.807) is 0 Å². The van der Waals surface area contributed by atoms with Gasteiger partial charge in [0, 0.05) is 37.6 Å². The van der Waals surface area contributed by atoms with Gasteiger partial charge in [0.2, 0.25) is 5.91 Å². The molecule has 2 rings (SSSR count). The summed E-state index contributed by atoms with van der Waals surface area (Å²) >= 11 is 0. The molecule has 2 N–H and O–H groups in total. The Morgan fingerprint density at radius 1 is 1.29 bits per heavy atom. The molecule has 1 saturated heterocycles. The average molecular weight is 234 g/mol. The maximum atomic E-state index is 12.0. The van der Waals surface area contributed by atoms with E-state index in [1.807, 2.05) is 31.3 Å². The van der Waals surface area contributed by atoms with E-state index in [9.17, 15) is 4.79 Å². The molecule has 1 aromatic rings. The highest BCUT2D eigenvalue weighted by Crippen LogP contribution is 2.19. The Balaban J connectivity index is 1.96. The highest BCUT2D eigenvalue weighted by atomic mass is 16.5. The fourth-order valence-corrected chi connectivity index (χ4v) is 1.96. The number of amides is 1. The van der Waals surface area contributed by atoms with Crippen molar-refractivity contribution in [2.45, 2.75) is 12.8 Å². The van der Waals surface area contributed by atoms with Crippen LogP contribution in [0.3, 0.4) is 0 Å². The van der Waals surface area contributed by atoms with E-state index in [4.69, 9.17) is 4.74 Å². The second-order valence-electron chi connectivity index (χ2n) is 4.21. The van der Waals surface area contributed by atoms with Gasteiger partial charge in [0.1, 0.15) is 0 Å². The number of anilines is 2. The maximum absolute atomic E-state index is 12.0. The van der Waals surface area contributed by atoms with E-state index in [-0.39, 0.29) is 11.8 Å². The van der Waals surface area contributed by atoms with E-state index in [0.717, 1.165) is 24.2 Å². The van der Waals surface area contributed by atoms with E-state index in [2.05, 4.69) is 10.6 Å². The molecule has 0 atom stereocenters. The largest absolute Gasteiger partial charge is 0.388 e. The fraction of sp³-hybridized carbons (Fsp3) is 0.462. The van der Waals surface area contributed by atoms with Crippen LogP contribution in [0.2, 0.25) is 0 Å². The number of rotatable bonds is 3. The first-order valence-electron chi connectivity index (χ1n) is 5.96. The molecule has 1 amide bonds. The van der Waals surface area contributed by atoms with Gasteiger partial charge >= 0.3 is 0 Å². The Morgan fingerprint density at radius 3 is 2.71 bits per heavy atom. The third kappa shape index (κ3) is 3.20. The minimum absolute atomic E-state index is 0.0852. The van der Waals surface area contributed by atoms with Crippen molar-refractivity contribution < 1.29 is 9.53 Å². The highest BCUT2D eigenvalue weighted by Gasteiger charge is 2.21. The van der Waals surface area contributed by atoms with Crippen LogP contribution in [-0.4, -0.2) is 26.2 Å². The first-order chi connectivity index (χ1) is 8.29. The Kier molecular flexibility index (Phi) is 3.98. The van der Waals surface area contributed by atoms with Gasteiger partial charge in [-0.05, 0) is 31.0 Å². The van der Waals surface area contributed by atoms with E-state index >= 15 is 0 Å². The molecule has 0 spiro atoms. The number of benzene rings is 1. The molecular weight excluding hydrogens is 216 g/mol. The van der Waals surface area contributed by atoms with Crippen LogP contribution < -0.4 is 10.6 Å². The fourth-order valence-electron chi connectivity index (χ4n) is 1.96. The molecule has 1 aromatic carbocycles. The Labute approximate surface area is 101 Å². The highest BCUT2D eigenvalue weighted by molar-refractivity contribution is 5.93. The van der Waals surface area contributed by atoms with E-state index in [1.165, 1.54) is 0 Å². The van der Waals surface area contributed by atoms with Gasteiger partial charge in [-0.15, -0.1) is 0 Å². The van der Waals surface area contributed by atoms with Crippen molar-refractivity contribution in [1.82, 2.24) is 0 Å². The number of nitrogens with one attached hydrogen (secondary N) is 2. The van der Waals surface area contributed by atoms with E-state index in [0.29, 0.717) is 13.2 Å². The molecular formula is C13H18N2O2. The zero-order chi connectivity index (χ0) is 12.1. The van der Waals surface area contributed by atoms with Gasteiger partial charge in [-0.2, -0.15) is 0 Å². The van der Waals surface area contributed by atoms with Crippen molar-refractivity contribution in [3.8, 4) is 0 Å². The summed E-state index contributed by atoms with van der Waals surface area (Å²) in [7, 11) is 1.86. The molecule has 1 heterocycles. The first kappa shape index (κ1) is 11.9. The number of carbonyl (C=O) groups is 1. The van der Waals surface area contributed by atoms with Gasteiger partial charge in [-0.3, -0.25) is 4.79 Å². The van der Waals surface area contributed by atoms with E-state index < -0.39 is 0 Å². The van der Waals surface area contributed by atoms with Crippen LogP contribution in [-0.2, 0) is 9.53 Å². The van der Waals surface area contributed by atoms with Crippen LogP contribution in [0.5, 0.6) is 0 Å². The van der Waals surface area contributed by atoms with Crippen LogP contribution in [0, 0.1) is 5.92 Å². The third-order valence-corrected chi connectivity index (χ3v) is 3.01. The van der Waals surface area contributed by atoms with Gasteiger partial charge in [-0.1, -0.05) is 6.07 Å². The zero-order valence-electron chi connectivity index (χ0n) is 10.0.